The summed E-state index contributed by atoms with van der Waals surface area (Å²) in [7, 11) is 0. The van der Waals surface area contributed by atoms with Crippen LogP contribution in [0.2, 0.25) is 0 Å². The summed E-state index contributed by atoms with van der Waals surface area (Å²) in [6, 6.07) is 2.20. The fourth-order valence-electron chi connectivity index (χ4n) is 1.95. The Labute approximate surface area is 89.5 Å². The van der Waals surface area contributed by atoms with Crippen molar-refractivity contribution >= 4 is 11.8 Å². The van der Waals surface area contributed by atoms with E-state index in [0.29, 0.717) is 5.95 Å². The number of hydrogen-bond donors (Lipinski definition) is 2. The summed E-state index contributed by atoms with van der Waals surface area (Å²) in [4.78, 5) is 10.5. The Kier molecular flexibility index (Phi) is 2.73. The Morgan fingerprint density at radius 3 is 2.93 bits per heavy atom. The average Bonchev–Trinajstić information content (AvgIpc) is 2.16. The Morgan fingerprint density at radius 2 is 2.27 bits per heavy atom. The minimum Gasteiger partial charge on any atom is -0.368 e. The third-order valence-electron chi connectivity index (χ3n) is 2.64. The van der Waals surface area contributed by atoms with Gasteiger partial charge in [-0.05, 0) is 19.8 Å². The van der Waals surface area contributed by atoms with Crippen molar-refractivity contribution in [3.8, 4) is 0 Å². The van der Waals surface area contributed by atoms with E-state index in [1.165, 1.54) is 0 Å². The van der Waals surface area contributed by atoms with Crippen molar-refractivity contribution in [2.45, 2.75) is 25.8 Å². The Hall–Kier alpha value is -1.36. The van der Waals surface area contributed by atoms with Gasteiger partial charge in [0.2, 0.25) is 5.95 Å². The summed E-state index contributed by atoms with van der Waals surface area (Å²) in [6.45, 7) is 3.78. The molecule has 0 saturated carbocycles. The zero-order valence-electron chi connectivity index (χ0n) is 8.98. The van der Waals surface area contributed by atoms with Gasteiger partial charge >= 0.3 is 0 Å². The molecule has 1 atom stereocenters. The molecule has 0 unspecified atom stereocenters. The lowest BCUT2D eigenvalue weighted by Gasteiger charge is -2.31. The topological polar surface area (TPSA) is 81.1 Å². The van der Waals surface area contributed by atoms with Crippen LogP contribution in [-0.4, -0.2) is 29.1 Å². The zero-order chi connectivity index (χ0) is 10.8. The van der Waals surface area contributed by atoms with Gasteiger partial charge in [0.1, 0.15) is 5.82 Å². The minimum absolute atomic E-state index is 0.246. The molecule has 1 saturated heterocycles. The monoisotopic (exact) mass is 207 g/mol. The highest BCUT2D eigenvalue weighted by Crippen LogP contribution is 2.18. The minimum atomic E-state index is 0.246. The van der Waals surface area contributed by atoms with Crippen LogP contribution in [0.4, 0.5) is 11.8 Å². The fourth-order valence-corrected chi connectivity index (χ4v) is 1.95. The smallest absolute Gasteiger partial charge is 0.222 e. The molecular weight excluding hydrogens is 190 g/mol. The highest BCUT2D eigenvalue weighted by atomic mass is 15.2. The highest BCUT2D eigenvalue weighted by Gasteiger charge is 2.18. The molecule has 1 aromatic rings. The first kappa shape index (κ1) is 10.2. The van der Waals surface area contributed by atoms with E-state index in [0.717, 1.165) is 37.4 Å². The van der Waals surface area contributed by atoms with Crippen molar-refractivity contribution in [1.29, 1.82) is 0 Å². The standard InChI is InChI=1S/C10H17N5/c1-7-5-9(14-10(12)13-7)15-4-2-3-8(11)6-15/h5,8H,2-4,6,11H2,1H3,(H2,12,13,14)/t8-/m1/s1. The third-order valence-corrected chi connectivity index (χ3v) is 2.64. The Morgan fingerprint density at radius 1 is 1.47 bits per heavy atom. The summed E-state index contributed by atoms with van der Waals surface area (Å²) < 4.78 is 0. The molecule has 1 aromatic heterocycles. The van der Waals surface area contributed by atoms with Crippen molar-refractivity contribution in [3.05, 3.63) is 11.8 Å². The van der Waals surface area contributed by atoms with E-state index in [4.69, 9.17) is 11.5 Å². The van der Waals surface area contributed by atoms with Gasteiger partial charge in [0.05, 0.1) is 0 Å². The number of nitrogen functional groups attached to an aromatic ring is 1. The maximum absolute atomic E-state index is 5.92. The molecule has 2 rings (SSSR count). The van der Waals surface area contributed by atoms with Crippen molar-refractivity contribution in [2.75, 3.05) is 23.7 Å². The van der Waals surface area contributed by atoms with Crippen molar-refractivity contribution in [2.24, 2.45) is 5.73 Å². The number of piperidine rings is 1. The Balaban J connectivity index is 2.20. The van der Waals surface area contributed by atoms with Crippen LogP contribution in [0.5, 0.6) is 0 Å². The van der Waals surface area contributed by atoms with E-state index in [9.17, 15) is 0 Å². The molecule has 0 spiro atoms. The van der Waals surface area contributed by atoms with Gasteiger partial charge in [0.15, 0.2) is 0 Å². The van der Waals surface area contributed by atoms with Gasteiger partial charge in [0, 0.05) is 30.9 Å². The van der Waals surface area contributed by atoms with Crippen molar-refractivity contribution < 1.29 is 0 Å². The summed E-state index contributed by atoms with van der Waals surface area (Å²) in [5.41, 5.74) is 12.4. The lowest BCUT2D eigenvalue weighted by atomic mass is 10.1. The first-order valence-electron chi connectivity index (χ1n) is 5.27. The van der Waals surface area contributed by atoms with Crippen LogP contribution in [-0.2, 0) is 0 Å². The van der Waals surface area contributed by atoms with Gasteiger partial charge in [0.25, 0.3) is 0 Å². The summed E-state index contributed by atoms with van der Waals surface area (Å²) in [5, 5.41) is 0. The van der Waals surface area contributed by atoms with Gasteiger partial charge in [-0.3, -0.25) is 0 Å². The molecule has 0 amide bonds. The van der Waals surface area contributed by atoms with Crippen LogP contribution >= 0.6 is 0 Å². The number of aryl methyl sites for hydroxylation is 1. The first-order valence-corrected chi connectivity index (χ1v) is 5.27. The zero-order valence-corrected chi connectivity index (χ0v) is 8.98. The second kappa shape index (κ2) is 4.02. The van der Waals surface area contributed by atoms with E-state index in [-0.39, 0.29) is 6.04 Å². The molecule has 5 nitrogen and oxygen atoms in total. The number of nitrogens with two attached hydrogens (primary N) is 2. The van der Waals surface area contributed by atoms with Gasteiger partial charge in [-0.1, -0.05) is 0 Å². The van der Waals surface area contributed by atoms with Gasteiger partial charge in [-0.25, -0.2) is 4.98 Å². The molecule has 0 aromatic carbocycles. The van der Waals surface area contributed by atoms with Crippen LogP contribution in [0.25, 0.3) is 0 Å². The second-order valence-corrected chi connectivity index (χ2v) is 4.07. The molecule has 4 N–H and O–H groups in total. The molecular formula is C10H17N5. The van der Waals surface area contributed by atoms with Gasteiger partial charge in [-0.2, -0.15) is 4.98 Å². The molecule has 82 valence electrons. The maximum atomic E-state index is 5.92. The summed E-state index contributed by atoms with van der Waals surface area (Å²) in [6.07, 6.45) is 2.21. The molecule has 1 fully saturated rings. The largest absolute Gasteiger partial charge is 0.368 e. The molecule has 1 aliphatic rings. The molecule has 0 aliphatic carbocycles. The SMILES string of the molecule is Cc1cc(N2CCC[C@@H](N)C2)nc(N)n1. The number of anilines is 2. The second-order valence-electron chi connectivity index (χ2n) is 4.07. The summed E-state index contributed by atoms with van der Waals surface area (Å²) in [5.74, 6) is 1.24. The predicted molar refractivity (Wildman–Crippen MR) is 60.6 cm³/mol. The van der Waals surface area contributed by atoms with E-state index in [2.05, 4.69) is 14.9 Å². The number of nitrogens with zero attached hydrogens (tertiary/aromatic N) is 3. The molecule has 1 aliphatic heterocycles. The van der Waals surface area contributed by atoms with Crippen LogP contribution in [0, 0.1) is 6.92 Å². The van der Waals surface area contributed by atoms with Crippen LogP contribution in [0.1, 0.15) is 18.5 Å². The highest BCUT2D eigenvalue weighted by molar-refractivity contribution is 5.43. The number of aromatic nitrogens is 2. The van der Waals surface area contributed by atoms with Crippen molar-refractivity contribution in [3.63, 3.8) is 0 Å². The molecule has 0 bridgehead atoms. The molecule has 15 heavy (non-hydrogen) atoms. The van der Waals surface area contributed by atoms with Crippen LogP contribution in [0.3, 0.4) is 0 Å². The van der Waals surface area contributed by atoms with Crippen LogP contribution in [0.15, 0.2) is 6.07 Å². The predicted octanol–water partition coefficient (Wildman–Crippen LogP) is 0.295. The van der Waals surface area contributed by atoms with E-state index < -0.39 is 0 Å². The van der Waals surface area contributed by atoms with E-state index in [1.54, 1.807) is 0 Å². The first-order chi connectivity index (χ1) is 7.15. The third kappa shape index (κ3) is 2.36. The number of hydrogen-bond acceptors (Lipinski definition) is 5. The van der Waals surface area contributed by atoms with Crippen LogP contribution < -0.4 is 16.4 Å². The molecule has 5 heteroatoms. The quantitative estimate of drug-likeness (QED) is 0.692. The normalized spacial score (nSPS) is 21.7. The molecule has 0 radical (unpaired) electrons. The number of rotatable bonds is 1. The Bertz CT molecular complexity index is 331. The average molecular weight is 207 g/mol. The lowest BCUT2D eigenvalue weighted by Crippen LogP contribution is -2.43. The maximum Gasteiger partial charge on any atom is 0.222 e. The van der Waals surface area contributed by atoms with Gasteiger partial charge in [-0.15, -0.1) is 0 Å². The molecule has 2 heterocycles. The van der Waals surface area contributed by atoms with E-state index >= 15 is 0 Å². The lowest BCUT2D eigenvalue weighted by molar-refractivity contribution is 0.503. The summed E-state index contributed by atoms with van der Waals surface area (Å²) >= 11 is 0. The fraction of sp³-hybridized carbons (Fsp3) is 0.600. The van der Waals surface area contributed by atoms with Crippen molar-refractivity contribution in [1.82, 2.24) is 9.97 Å². The van der Waals surface area contributed by atoms with E-state index in [1.807, 2.05) is 13.0 Å². The van der Waals surface area contributed by atoms with Gasteiger partial charge < -0.3 is 16.4 Å².